The standard InChI is InChI=1S/C12H14N2O2/c1-7(15)14-10-6-5-8-9(12(10)13)3-2-4-11(8)16/h5-6H,2-4,13H2,1H3,(H,14,15). The molecule has 1 aromatic carbocycles. The second-order valence-electron chi connectivity index (χ2n) is 4.01. The van der Waals surface area contributed by atoms with Crippen LogP contribution in [0.25, 0.3) is 0 Å². The number of ketones is 1. The molecule has 0 aromatic heterocycles. The van der Waals surface area contributed by atoms with Gasteiger partial charge < -0.3 is 11.1 Å². The average molecular weight is 218 g/mol. The Morgan fingerprint density at radius 2 is 2.12 bits per heavy atom. The number of nitrogens with one attached hydrogen (secondary N) is 1. The number of Topliss-reactive ketones (excluding diaryl/α,β-unsaturated/α-hetero) is 1. The smallest absolute Gasteiger partial charge is 0.221 e. The lowest BCUT2D eigenvalue weighted by molar-refractivity contribution is -0.114. The van der Waals surface area contributed by atoms with Crippen LogP contribution in [0.15, 0.2) is 12.1 Å². The van der Waals surface area contributed by atoms with Gasteiger partial charge in [-0.2, -0.15) is 0 Å². The molecule has 0 heterocycles. The zero-order valence-electron chi connectivity index (χ0n) is 9.17. The first-order valence-electron chi connectivity index (χ1n) is 5.31. The number of fused-ring (bicyclic) bond motifs is 1. The molecule has 0 fully saturated rings. The highest BCUT2D eigenvalue weighted by atomic mass is 16.1. The Morgan fingerprint density at radius 3 is 2.81 bits per heavy atom. The van der Waals surface area contributed by atoms with Gasteiger partial charge in [-0.25, -0.2) is 0 Å². The minimum atomic E-state index is -0.159. The number of amides is 1. The average Bonchev–Trinajstić information content (AvgIpc) is 2.23. The number of benzene rings is 1. The zero-order chi connectivity index (χ0) is 11.7. The van der Waals surface area contributed by atoms with E-state index in [1.54, 1.807) is 12.1 Å². The molecule has 0 unspecified atom stereocenters. The molecular formula is C12H14N2O2. The van der Waals surface area contributed by atoms with Gasteiger partial charge in [-0.15, -0.1) is 0 Å². The summed E-state index contributed by atoms with van der Waals surface area (Å²) in [5, 5.41) is 2.66. The fourth-order valence-corrected chi connectivity index (χ4v) is 2.05. The molecule has 1 amide bonds. The molecule has 0 aliphatic heterocycles. The van der Waals surface area contributed by atoms with E-state index in [-0.39, 0.29) is 11.7 Å². The summed E-state index contributed by atoms with van der Waals surface area (Å²) in [5.74, 6) is -0.0175. The van der Waals surface area contributed by atoms with Crippen LogP contribution in [0.2, 0.25) is 0 Å². The van der Waals surface area contributed by atoms with E-state index in [4.69, 9.17) is 5.73 Å². The van der Waals surface area contributed by atoms with Gasteiger partial charge in [0.25, 0.3) is 0 Å². The summed E-state index contributed by atoms with van der Waals surface area (Å²) in [6.07, 6.45) is 2.23. The van der Waals surface area contributed by atoms with E-state index < -0.39 is 0 Å². The van der Waals surface area contributed by atoms with E-state index in [9.17, 15) is 9.59 Å². The molecule has 1 aliphatic carbocycles. The lowest BCUT2D eigenvalue weighted by atomic mass is 9.89. The number of hydrogen-bond acceptors (Lipinski definition) is 3. The molecule has 0 bridgehead atoms. The number of nitrogens with two attached hydrogens (primary N) is 1. The molecule has 0 radical (unpaired) electrons. The predicted molar refractivity (Wildman–Crippen MR) is 62.4 cm³/mol. The number of carbonyl (C=O) groups is 2. The summed E-state index contributed by atoms with van der Waals surface area (Å²) in [7, 11) is 0. The Morgan fingerprint density at radius 1 is 1.38 bits per heavy atom. The number of carbonyl (C=O) groups excluding carboxylic acids is 2. The van der Waals surface area contributed by atoms with Crippen LogP contribution in [0.3, 0.4) is 0 Å². The Balaban J connectivity index is 2.46. The van der Waals surface area contributed by atoms with Gasteiger partial charge in [0.05, 0.1) is 11.4 Å². The van der Waals surface area contributed by atoms with Gasteiger partial charge >= 0.3 is 0 Å². The first-order chi connectivity index (χ1) is 7.59. The maximum absolute atomic E-state index is 11.6. The maximum Gasteiger partial charge on any atom is 0.221 e. The maximum atomic E-state index is 11.6. The summed E-state index contributed by atoms with van der Waals surface area (Å²) >= 11 is 0. The molecule has 0 atom stereocenters. The van der Waals surface area contributed by atoms with Crippen molar-refractivity contribution in [3.63, 3.8) is 0 Å². The monoisotopic (exact) mass is 218 g/mol. The molecule has 1 aliphatic rings. The molecule has 0 saturated heterocycles. The van der Waals surface area contributed by atoms with Crippen molar-refractivity contribution < 1.29 is 9.59 Å². The van der Waals surface area contributed by atoms with E-state index in [1.165, 1.54) is 6.92 Å². The fraction of sp³-hybridized carbons (Fsp3) is 0.333. The number of rotatable bonds is 1. The second kappa shape index (κ2) is 3.96. The van der Waals surface area contributed by atoms with E-state index >= 15 is 0 Å². The molecule has 84 valence electrons. The molecule has 0 spiro atoms. The van der Waals surface area contributed by atoms with Gasteiger partial charge in [0, 0.05) is 18.9 Å². The van der Waals surface area contributed by atoms with Gasteiger partial charge in [-0.1, -0.05) is 0 Å². The third kappa shape index (κ3) is 1.78. The summed E-state index contributed by atoms with van der Waals surface area (Å²) < 4.78 is 0. The highest BCUT2D eigenvalue weighted by Gasteiger charge is 2.20. The quantitative estimate of drug-likeness (QED) is 0.705. The highest BCUT2D eigenvalue weighted by Crippen LogP contribution is 2.31. The van der Waals surface area contributed by atoms with Crippen molar-refractivity contribution in [3.8, 4) is 0 Å². The summed E-state index contributed by atoms with van der Waals surface area (Å²) in [5.41, 5.74) is 8.66. The first kappa shape index (κ1) is 10.7. The molecule has 4 nitrogen and oxygen atoms in total. The van der Waals surface area contributed by atoms with Crippen molar-refractivity contribution in [2.24, 2.45) is 0 Å². The number of nitrogen functional groups attached to an aromatic ring is 1. The molecule has 16 heavy (non-hydrogen) atoms. The van der Waals surface area contributed by atoms with Crippen LogP contribution in [0.1, 0.15) is 35.7 Å². The van der Waals surface area contributed by atoms with E-state index in [2.05, 4.69) is 5.32 Å². The van der Waals surface area contributed by atoms with E-state index in [0.717, 1.165) is 18.4 Å². The molecule has 3 N–H and O–H groups in total. The van der Waals surface area contributed by atoms with E-state index in [0.29, 0.717) is 23.4 Å². The van der Waals surface area contributed by atoms with Crippen molar-refractivity contribution in [2.45, 2.75) is 26.2 Å². The molecule has 4 heteroatoms. The Labute approximate surface area is 93.8 Å². The van der Waals surface area contributed by atoms with E-state index in [1.807, 2.05) is 0 Å². The SMILES string of the molecule is CC(=O)Nc1ccc2c(c1N)CCCC2=O. The lowest BCUT2D eigenvalue weighted by Gasteiger charge is -2.19. The predicted octanol–water partition coefficient (Wildman–Crippen LogP) is 1.75. The third-order valence-electron chi connectivity index (χ3n) is 2.80. The van der Waals surface area contributed by atoms with Crippen molar-refractivity contribution in [2.75, 3.05) is 11.1 Å². The van der Waals surface area contributed by atoms with Crippen LogP contribution in [0.4, 0.5) is 11.4 Å². The highest BCUT2D eigenvalue weighted by molar-refractivity contribution is 6.02. The van der Waals surface area contributed by atoms with Gasteiger partial charge in [0.2, 0.25) is 5.91 Å². The fourth-order valence-electron chi connectivity index (χ4n) is 2.05. The van der Waals surface area contributed by atoms with Gasteiger partial charge in [0.1, 0.15) is 0 Å². The largest absolute Gasteiger partial charge is 0.397 e. The molecular weight excluding hydrogens is 204 g/mol. The summed E-state index contributed by atoms with van der Waals surface area (Å²) in [6.45, 7) is 1.43. The van der Waals surface area contributed by atoms with Crippen molar-refractivity contribution in [3.05, 3.63) is 23.3 Å². The normalized spacial score (nSPS) is 14.4. The Kier molecular flexibility index (Phi) is 2.64. The van der Waals surface area contributed by atoms with Gasteiger partial charge in [0.15, 0.2) is 5.78 Å². The van der Waals surface area contributed by atoms with Gasteiger partial charge in [-0.3, -0.25) is 9.59 Å². The van der Waals surface area contributed by atoms with Gasteiger partial charge in [-0.05, 0) is 30.5 Å². The lowest BCUT2D eigenvalue weighted by Crippen LogP contribution is -2.15. The third-order valence-corrected chi connectivity index (χ3v) is 2.80. The molecule has 0 saturated carbocycles. The second-order valence-corrected chi connectivity index (χ2v) is 4.01. The minimum absolute atomic E-state index is 0.141. The van der Waals surface area contributed by atoms with Crippen LogP contribution >= 0.6 is 0 Å². The zero-order valence-corrected chi connectivity index (χ0v) is 9.17. The van der Waals surface area contributed by atoms with Crippen molar-refractivity contribution in [1.82, 2.24) is 0 Å². The van der Waals surface area contributed by atoms with Crippen LogP contribution in [0, 0.1) is 0 Å². The number of anilines is 2. The van der Waals surface area contributed by atoms with Crippen molar-refractivity contribution in [1.29, 1.82) is 0 Å². The van der Waals surface area contributed by atoms with Crippen LogP contribution < -0.4 is 11.1 Å². The summed E-state index contributed by atoms with van der Waals surface area (Å²) in [6, 6.07) is 3.44. The Bertz CT molecular complexity index is 466. The topological polar surface area (TPSA) is 72.2 Å². The van der Waals surface area contributed by atoms with Crippen LogP contribution in [-0.4, -0.2) is 11.7 Å². The summed E-state index contributed by atoms with van der Waals surface area (Å²) in [4.78, 5) is 22.6. The number of hydrogen-bond donors (Lipinski definition) is 2. The van der Waals surface area contributed by atoms with Crippen molar-refractivity contribution >= 4 is 23.1 Å². The minimum Gasteiger partial charge on any atom is -0.397 e. The molecule has 1 aromatic rings. The van der Waals surface area contributed by atoms with Crippen LogP contribution in [0.5, 0.6) is 0 Å². The van der Waals surface area contributed by atoms with Crippen LogP contribution in [-0.2, 0) is 11.2 Å². The Hall–Kier alpha value is -1.84. The molecule has 2 rings (SSSR count). The first-order valence-corrected chi connectivity index (χ1v) is 5.31.